The molecule has 0 aliphatic carbocycles. The highest BCUT2D eigenvalue weighted by Gasteiger charge is 2.32. The van der Waals surface area contributed by atoms with E-state index in [0.717, 1.165) is 5.56 Å². The Hall–Kier alpha value is -1.59. The molecule has 3 unspecified atom stereocenters. The van der Waals surface area contributed by atoms with Gasteiger partial charge in [-0.25, -0.2) is 4.79 Å². The number of amides is 2. The van der Waals surface area contributed by atoms with Gasteiger partial charge in [0.05, 0.1) is 18.8 Å². The monoisotopic (exact) mass is 334 g/mol. The summed E-state index contributed by atoms with van der Waals surface area (Å²) in [5.74, 6) is 0.0430. The second-order valence-corrected chi connectivity index (χ2v) is 7.44. The second-order valence-electron chi connectivity index (χ2n) is 7.44. The van der Waals surface area contributed by atoms with Crippen molar-refractivity contribution in [3.05, 3.63) is 35.9 Å². The predicted molar refractivity (Wildman–Crippen MR) is 95.0 cm³/mol. The minimum atomic E-state index is -0.321. The van der Waals surface area contributed by atoms with Crippen molar-refractivity contribution in [2.75, 3.05) is 26.3 Å². The summed E-state index contributed by atoms with van der Waals surface area (Å²) in [5, 5.41) is 12.8. The van der Waals surface area contributed by atoms with E-state index in [1.807, 2.05) is 62.9 Å². The van der Waals surface area contributed by atoms with Gasteiger partial charge < -0.3 is 20.1 Å². The minimum Gasteiger partial charge on any atom is -0.396 e. The molecule has 2 amide bonds. The van der Waals surface area contributed by atoms with Crippen LogP contribution < -0.4 is 5.32 Å². The molecular formula is C19H30N2O3. The number of nitrogens with one attached hydrogen (secondary N) is 1. The molecule has 1 aliphatic heterocycles. The summed E-state index contributed by atoms with van der Waals surface area (Å²) < 4.78 is 5.58. The Balaban J connectivity index is 2.06. The number of rotatable bonds is 5. The minimum absolute atomic E-state index is 0.0430. The molecule has 1 saturated heterocycles. The smallest absolute Gasteiger partial charge is 0.317 e. The average Bonchev–Trinajstić information content (AvgIpc) is 2.57. The Labute approximate surface area is 145 Å². The number of aliphatic hydroxyl groups excluding tert-OH is 1. The number of urea groups is 1. The molecule has 0 radical (unpaired) electrons. The maximum Gasteiger partial charge on any atom is 0.317 e. The van der Waals surface area contributed by atoms with Crippen LogP contribution in [0.1, 0.15) is 39.2 Å². The van der Waals surface area contributed by atoms with Crippen LogP contribution in [-0.4, -0.2) is 54.5 Å². The molecule has 0 aromatic heterocycles. The molecule has 1 heterocycles. The van der Waals surface area contributed by atoms with E-state index in [2.05, 4.69) is 5.32 Å². The number of nitrogens with zero attached hydrogens (tertiary/aromatic N) is 1. The van der Waals surface area contributed by atoms with Gasteiger partial charge in [-0.2, -0.15) is 0 Å². The Morgan fingerprint density at radius 2 is 2.04 bits per heavy atom. The van der Waals surface area contributed by atoms with E-state index in [4.69, 9.17) is 4.74 Å². The van der Waals surface area contributed by atoms with Crippen LogP contribution in [0, 0.1) is 5.41 Å². The number of ether oxygens (including phenoxy) is 1. The van der Waals surface area contributed by atoms with Crippen LogP contribution in [0.2, 0.25) is 0 Å². The van der Waals surface area contributed by atoms with Crippen molar-refractivity contribution in [3.8, 4) is 0 Å². The summed E-state index contributed by atoms with van der Waals surface area (Å²) in [7, 11) is 0. The van der Waals surface area contributed by atoms with Crippen molar-refractivity contribution in [2.24, 2.45) is 5.41 Å². The van der Waals surface area contributed by atoms with Crippen molar-refractivity contribution in [3.63, 3.8) is 0 Å². The molecule has 134 valence electrons. The van der Waals surface area contributed by atoms with Crippen LogP contribution in [-0.2, 0) is 4.74 Å². The van der Waals surface area contributed by atoms with Gasteiger partial charge in [0, 0.05) is 25.6 Å². The van der Waals surface area contributed by atoms with Gasteiger partial charge >= 0.3 is 6.03 Å². The van der Waals surface area contributed by atoms with Crippen LogP contribution in [0.5, 0.6) is 0 Å². The summed E-state index contributed by atoms with van der Waals surface area (Å²) >= 11 is 0. The van der Waals surface area contributed by atoms with Crippen molar-refractivity contribution in [2.45, 2.75) is 45.8 Å². The van der Waals surface area contributed by atoms with Gasteiger partial charge in [0.2, 0.25) is 0 Å². The number of carbonyl (C=O) groups excluding carboxylic acids is 1. The van der Waals surface area contributed by atoms with Gasteiger partial charge in [0.1, 0.15) is 0 Å². The zero-order valence-electron chi connectivity index (χ0n) is 15.2. The van der Waals surface area contributed by atoms with E-state index in [-0.39, 0.29) is 36.1 Å². The predicted octanol–water partition coefficient (Wildman–Crippen LogP) is 2.61. The first kappa shape index (κ1) is 18.7. The van der Waals surface area contributed by atoms with Crippen LogP contribution in [0.15, 0.2) is 30.3 Å². The molecule has 2 N–H and O–H groups in total. The highest BCUT2D eigenvalue weighted by atomic mass is 16.5. The molecule has 0 saturated carbocycles. The maximum atomic E-state index is 12.6. The van der Waals surface area contributed by atoms with Crippen LogP contribution in [0.4, 0.5) is 4.79 Å². The second kappa shape index (κ2) is 7.99. The van der Waals surface area contributed by atoms with Gasteiger partial charge in [-0.05, 0) is 24.8 Å². The molecule has 3 atom stereocenters. The van der Waals surface area contributed by atoms with Gasteiger partial charge in [-0.15, -0.1) is 0 Å². The lowest BCUT2D eigenvalue weighted by atomic mass is 9.75. The summed E-state index contributed by atoms with van der Waals surface area (Å²) in [5.41, 5.74) is 0.804. The molecule has 1 fully saturated rings. The Morgan fingerprint density at radius 1 is 1.38 bits per heavy atom. The molecule has 2 rings (SSSR count). The standard InChI is InChI=1S/C19H30N2O3/c1-14-12-24-15(2)11-21(14)18(23)20-10-17(19(3,4)13-22)16-8-6-5-7-9-16/h5-9,14-15,17,22H,10-13H2,1-4H3,(H,20,23). The fourth-order valence-electron chi connectivity index (χ4n) is 3.12. The fraction of sp³-hybridized carbons (Fsp3) is 0.632. The molecule has 1 aromatic carbocycles. The first-order valence-electron chi connectivity index (χ1n) is 8.67. The Kier molecular flexibility index (Phi) is 6.24. The zero-order valence-corrected chi connectivity index (χ0v) is 15.2. The third kappa shape index (κ3) is 4.48. The number of aliphatic hydroxyl groups is 1. The van der Waals surface area contributed by atoms with Crippen molar-refractivity contribution in [1.82, 2.24) is 10.2 Å². The normalized spacial score (nSPS) is 23.0. The quantitative estimate of drug-likeness (QED) is 0.870. The maximum absolute atomic E-state index is 12.6. The molecule has 1 aliphatic rings. The molecule has 5 nitrogen and oxygen atoms in total. The van der Waals surface area contributed by atoms with E-state index >= 15 is 0 Å². The summed E-state index contributed by atoms with van der Waals surface area (Å²) in [6, 6.07) is 10.1. The Bertz CT molecular complexity index is 533. The lowest BCUT2D eigenvalue weighted by Crippen LogP contribution is -2.54. The van der Waals surface area contributed by atoms with Gasteiger partial charge in [-0.3, -0.25) is 0 Å². The number of morpholine rings is 1. The fourth-order valence-corrected chi connectivity index (χ4v) is 3.12. The van der Waals surface area contributed by atoms with E-state index in [0.29, 0.717) is 19.7 Å². The lowest BCUT2D eigenvalue weighted by Gasteiger charge is -2.38. The van der Waals surface area contributed by atoms with Gasteiger partial charge in [0.25, 0.3) is 0 Å². The molecule has 1 aromatic rings. The highest BCUT2D eigenvalue weighted by Crippen LogP contribution is 2.34. The van der Waals surface area contributed by atoms with Gasteiger partial charge in [-0.1, -0.05) is 44.2 Å². The summed E-state index contributed by atoms with van der Waals surface area (Å²) in [4.78, 5) is 14.4. The number of benzene rings is 1. The topological polar surface area (TPSA) is 61.8 Å². The molecular weight excluding hydrogens is 304 g/mol. The summed E-state index contributed by atoms with van der Waals surface area (Å²) in [6.45, 7) is 9.76. The van der Waals surface area contributed by atoms with Crippen LogP contribution in [0.25, 0.3) is 0 Å². The van der Waals surface area contributed by atoms with Crippen molar-refractivity contribution >= 4 is 6.03 Å². The zero-order chi connectivity index (χ0) is 17.7. The largest absolute Gasteiger partial charge is 0.396 e. The number of hydrogen-bond acceptors (Lipinski definition) is 3. The lowest BCUT2D eigenvalue weighted by molar-refractivity contribution is -0.0319. The molecule has 5 heteroatoms. The third-order valence-corrected chi connectivity index (χ3v) is 4.88. The van der Waals surface area contributed by atoms with Gasteiger partial charge in [0.15, 0.2) is 0 Å². The van der Waals surface area contributed by atoms with Crippen molar-refractivity contribution in [1.29, 1.82) is 0 Å². The highest BCUT2D eigenvalue weighted by molar-refractivity contribution is 5.74. The number of hydrogen-bond donors (Lipinski definition) is 2. The molecule has 0 bridgehead atoms. The number of carbonyl (C=O) groups is 1. The van der Waals surface area contributed by atoms with Crippen LogP contribution >= 0.6 is 0 Å². The first-order chi connectivity index (χ1) is 11.3. The van der Waals surface area contributed by atoms with E-state index in [1.54, 1.807) is 0 Å². The average molecular weight is 334 g/mol. The van der Waals surface area contributed by atoms with Crippen molar-refractivity contribution < 1.29 is 14.6 Å². The molecule has 0 spiro atoms. The summed E-state index contributed by atoms with van der Waals surface area (Å²) in [6.07, 6.45) is 0.0609. The van der Waals surface area contributed by atoms with E-state index in [1.165, 1.54) is 0 Å². The molecule has 24 heavy (non-hydrogen) atoms. The van der Waals surface area contributed by atoms with E-state index < -0.39 is 0 Å². The van der Waals surface area contributed by atoms with E-state index in [9.17, 15) is 9.90 Å². The first-order valence-corrected chi connectivity index (χ1v) is 8.67. The van der Waals surface area contributed by atoms with Crippen LogP contribution in [0.3, 0.4) is 0 Å². The Morgan fingerprint density at radius 3 is 2.67 bits per heavy atom. The SMILES string of the molecule is CC1CN(C(=O)NCC(c2ccccc2)C(C)(C)CO)C(C)CO1. The third-order valence-electron chi connectivity index (χ3n) is 4.88.